The van der Waals surface area contributed by atoms with Gasteiger partial charge >= 0.3 is 0 Å². The molecule has 1 heterocycles. The van der Waals surface area contributed by atoms with Crippen molar-refractivity contribution in [3.63, 3.8) is 0 Å². The lowest BCUT2D eigenvalue weighted by molar-refractivity contribution is -0.134. The van der Waals surface area contributed by atoms with Crippen molar-refractivity contribution < 1.29 is 40.6 Å². The first-order valence-corrected chi connectivity index (χ1v) is 16.8. The number of aliphatic hydroxyl groups excluding tert-OH is 1. The molecule has 3 aromatic carbocycles. The van der Waals surface area contributed by atoms with Gasteiger partial charge in [-0.05, 0) is 73.7 Å². The van der Waals surface area contributed by atoms with Crippen LogP contribution in [-0.4, -0.2) is 83.1 Å². The number of ether oxygens (including phenoxy) is 2. The van der Waals surface area contributed by atoms with Gasteiger partial charge in [0.25, 0.3) is 10.0 Å². The minimum absolute atomic E-state index is 0.0660. The Morgan fingerprint density at radius 3 is 2.32 bits per heavy atom. The summed E-state index contributed by atoms with van der Waals surface area (Å²) in [4.78, 5) is 14.9. The van der Waals surface area contributed by atoms with E-state index in [1.165, 1.54) is 53.7 Å². The van der Waals surface area contributed by atoms with Crippen LogP contribution in [0.15, 0.2) is 76.5 Å². The second-order valence-corrected chi connectivity index (χ2v) is 14.5. The number of fused-ring (bicyclic) bond motifs is 1. The SMILES string of the molecule is COc1ccc(S(=O)(=O)N(C)C[C@H]2Oc3ccc(NS(=O)(=O)c4ccc(F)cc4)cc3CC(=O)N([C@H](C)CO)C[C@@H]2C)cc1. The van der Waals surface area contributed by atoms with Crippen molar-refractivity contribution in [1.29, 1.82) is 0 Å². The molecule has 3 atom stereocenters. The number of halogens is 1. The Balaban J connectivity index is 1.67. The molecule has 238 valence electrons. The summed E-state index contributed by atoms with van der Waals surface area (Å²) in [5.41, 5.74) is 0.512. The molecule has 44 heavy (non-hydrogen) atoms. The summed E-state index contributed by atoms with van der Waals surface area (Å²) in [6, 6.07) is 14.3. The zero-order valence-corrected chi connectivity index (χ0v) is 26.4. The zero-order chi connectivity index (χ0) is 32.2. The van der Waals surface area contributed by atoms with Crippen molar-refractivity contribution in [3.05, 3.63) is 78.1 Å². The summed E-state index contributed by atoms with van der Waals surface area (Å²) in [5, 5.41) is 9.88. The fourth-order valence-electron chi connectivity index (χ4n) is 4.82. The summed E-state index contributed by atoms with van der Waals surface area (Å²) >= 11 is 0. The van der Waals surface area contributed by atoms with Gasteiger partial charge in [0.2, 0.25) is 15.9 Å². The first-order valence-electron chi connectivity index (χ1n) is 13.8. The average molecular weight is 650 g/mol. The summed E-state index contributed by atoms with van der Waals surface area (Å²) in [6.07, 6.45) is -0.890. The normalized spacial score (nSPS) is 18.4. The number of rotatable bonds is 10. The van der Waals surface area contributed by atoms with Crippen LogP contribution in [0.1, 0.15) is 19.4 Å². The van der Waals surface area contributed by atoms with E-state index in [-0.39, 0.29) is 59.2 Å². The predicted octanol–water partition coefficient (Wildman–Crippen LogP) is 3.10. The van der Waals surface area contributed by atoms with Crippen LogP contribution >= 0.6 is 0 Å². The maximum atomic E-state index is 13.5. The number of nitrogens with one attached hydrogen (secondary N) is 1. The van der Waals surface area contributed by atoms with E-state index in [9.17, 15) is 31.1 Å². The summed E-state index contributed by atoms with van der Waals surface area (Å²) in [7, 11) is -5.07. The number of methoxy groups -OCH3 is 1. The molecule has 0 saturated carbocycles. The number of amides is 1. The number of anilines is 1. The molecule has 0 unspecified atom stereocenters. The minimum atomic E-state index is -4.07. The highest BCUT2D eigenvalue weighted by molar-refractivity contribution is 7.92. The van der Waals surface area contributed by atoms with Crippen LogP contribution in [0, 0.1) is 11.7 Å². The maximum absolute atomic E-state index is 13.5. The molecule has 0 saturated heterocycles. The van der Waals surface area contributed by atoms with E-state index in [0.29, 0.717) is 11.3 Å². The monoisotopic (exact) mass is 649 g/mol. The van der Waals surface area contributed by atoms with E-state index < -0.39 is 38.0 Å². The van der Waals surface area contributed by atoms with Gasteiger partial charge in [-0.15, -0.1) is 0 Å². The van der Waals surface area contributed by atoms with Gasteiger partial charge in [0, 0.05) is 30.8 Å². The topological polar surface area (TPSA) is 143 Å². The molecule has 4 rings (SSSR count). The van der Waals surface area contributed by atoms with Gasteiger partial charge in [-0.3, -0.25) is 9.52 Å². The van der Waals surface area contributed by atoms with E-state index >= 15 is 0 Å². The third-order valence-corrected chi connectivity index (χ3v) is 10.7. The van der Waals surface area contributed by atoms with Crippen LogP contribution in [0.25, 0.3) is 0 Å². The van der Waals surface area contributed by atoms with Crippen LogP contribution in [0.2, 0.25) is 0 Å². The van der Waals surface area contributed by atoms with Gasteiger partial charge in [0.05, 0.1) is 42.5 Å². The molecule has 0 aliphatic carbocycles. The molecular formula is C30H36FN3O8S2. The van der Waals surface area contributed by atoms with E-state index in [0.717, 1.165) is 24.3 Å². The van der Waals surface area contributed by atoms with Gasteiger partial charge in [0.15, 0.2) is 0 Å². The molecular weight excluding hydrogens is 613 g/mol. The number of benzene rings is 3. The Hall–Kier alpha value is -3.72. The summed E-state index contributed by atoms with van der Waals surface area (Å²) in [6.45, 7) is 3.36. The second kappa shape index (κ2) is 13.5. The van der Waals surface area contributed by atoms with Crippen LogP contribution < -0.4 is 14.2 Å². The fourth-order valence-corrected chi connectivity index (χ4v) is 7.05. The molecule has 0 spiro atoms. The van der Waals surface area contributed by atoms with Gasteiger partial charge < -0.3 is 19.5 Å². The number of hydrogen-bond donors (Lipinski definition) is 2. The van der Waals surface area contributed by atoms with Crippen LogP contribution in [-0.2, 0) is 31.3 Å². The zero-order valence-electron chi connectivity index (χ0n) is 24.8. The predicted molar refractivity (Wildman–Crippen MR) is 162 cm³/mol. The lowest BCUT2D eigenvalue weighted by atomic mass is 10.0. The van der Waals surface area contributed by atoms with E-state index in [4.69, 9.17) is 9.47 Å². The molecule has 1 aliphatic rings. The van der Waals surface area contributed by atoms with Crippen LogP contribution in [0.3, 0.4) is 0 Å². The molecule has 14 heteroatoms. The molecule has 0 aromatic heterocycles. The Kier molecular flexibility index (Phi) is 10.2. The number of hydrogen-bond acceptors (Lipinski definition) is 8. The van der Waals surface area contributed by atoms with Gasteiger partial charge in [-0.2, -0.15) is 4.31 Å². The number of nitrogens with zero attached hydrogens (tertiary/aromatic N) is 2. The Bertz CT molecular complexity index is 1680. The Labute approximate surface area is 257 Å². The number of carbonyl (C=O) groups is 1. The number of sulfonamides is 2. The maximum Gasteiger partial charge on any atom is 0.261 e. The lowest BCUT2D eigenvalue weighted by Gasteiger charge is -2.33. The number of likely N-dealkylation sites (N-methyl/N-ethyl adjacent to an activating group) is 1. The van der Waals surface area contributed by atoms with E-state index in [1.54, 1.807) is 19.1 Å². The highest BCUT2D eigenvalue weighted by atomic mass is 32.2. The minimum Gasteiger partial charge on any atom is -0.497 e. The quantitative estimate of drug-likeness (QED) is 0.341. The van der Waals surface area contributed by atoms with Crippen molar-refractivity contribution in [2.45, 2.75) is 42.2 Å². The van der Waals surface area contributed by atoms with Gasteiger partial charge in [0.1, 0.15) is 23.4 Å². The van der Waals surface area contributed by atoms with Crippen molar-refractivity contribution in [2.24, 2.45) is 5.92 Å². The smallest absolute Gasteiger partial charge is 0.261 e. The highest BCUT2D eigenvalue weighted by Gasteiger charge is 2.33. The van der Waals surface area contributed by atoms with Crippen molar-refractivity contribution >= 4 is 31.6 Å². The number of aliphatic hydroxyl groups is 1. The van der Waals surface area contributed by atoms with Gasteiger partial charge in [-0.25, -0.2) is 21.2 Å². The third kappa shape index (κ3) is 7.49. The Morgan fingerprint density at radius 2 is 1.70 bits per heavy atom. The lowest BCUT2D eigenvalue weighted by Crippen LogP contribution is -2.48. The molecule has 2 N–H and O–H groups in total. The fraction of sp³-hybridized carbons (Fsp3) is 0.367. The molecule has 11 nitrogen and oxygen atoms in total. The average Bonchev–Trinajstić information content (AvgIpc) is 3.04. The molecule has 0 bridgehead atoms. The largest absolute Gasteiger partial charge is 0.497 e. The molecule has 3 aromatic rings. The van der Waals surface area contributed by atoms with Crippen molar-refractivity contribution in [1.82, 2.24) is 9.21 Å². The standard InChI is InChI=1S/C30H36FN3O8S2/c1-20-17-34(21(2)19-35)30(36)16-22-15-24(32-43(37,38)26-10-5-23(31)6-11-26)7-14-28(22)42-29(20)18-33(3)44(39,40)27-12-8-25(41-4)9-13-27/h5-15,20-21,29,32,35H,16-19H2,1-4H3/t20-,21+,29+/m0/s1. The molecule has 1 amide bonds. The van der Waals surface area contributed by atoms with Crippen LogP contribution in [0.4, 0.5) is 10.1 Å². The van der Waals surface area contributed by atoms with Crippen LogP contribution in [0.5, 0.6) is 11.5 Å². The molecule has 0 radical (unpaired) electrons. The number of carbonyl (C=O) groups excluding carboxylic acids is 1. The first-order chi connectivity index (χ1) is 20.7. The highest BCUT2D eigenvalue weighted by Crippen LogP contribution is 2.31. The third-order valence-electron chi connectivity index (χ3n) is 7.50. The summed E-state index contributed by atoms with van der Waals surface area (Å²) in [5.74, 6) is -0.470. The summed E-state index contributed by atoms with van der Waals surface area (Å²) < 4.78 is 81.1. The second-order valence-electron chi connectivity index (χ2n) is 10.7. The van der Waals surface area contributed by atoms with Gasteiger partial charge in [-0.1, -0.05) is 6.92 Å². The van der Waals surface area contributed by atoms with Crippen molar-refractivity contribution in [2.75, 3.05) is 38.6 Å². The Morgan fingerprint density at radius 1 is 1.07 bits per heavy atom. The molecule has 1 aliphatic heterocycles. The van der Waals surface area contributed by atoms with E-state index in [2.05, 4.69) is 4.72 Å². The van der Waals surface area contributed by atoms with Crippen molar-refractivity contribution in [3.8, 4) is 11.5 Å². The first kappa shape index (κ1) is 33.2. The van der Waals surface area contributed by atoms with E-state index in [1.807, 2.05) is 6.92 Å². The molecule has 0 fully saturated rings.